The van der Waals surface area contributed by atoms with Crippen LogP contribution in [0.2, 0.25) is 0 Å². The molecular formula is C16H18N2O5S. The molecule has 1 heterocycles. The highest BCUT2D eigenvalue weighted by molar-refractivity contribution is 7.07. The topological polar surface area (TPSA) is 86.6 Å². The number of carbonyl (C=O) groups is 2. The molecule has 7 nitrogen and oxygen atoms in total. The molecule has 0 saturated carbocycles. The van der Waals surface area contributed by atoms with Gasteiger partial charge in [-0.1, -0.05) is 29.5 Å². The zero-order chi connectivity index (χ0) is 17.5. The van der Waals surface area contributed by atoms with Crippen molar-refractivity contribution in [3.63, 3.8) is 0 Å². The van der Waals surface area contributed by atoms with E-state index in [1.807, 2.05) is 18.2 Å². The molecule has 8 heteroatoms. The van der Waals surface area contributed by atoms with Crippen LogP contribution in [0.3, 0.4) is 0 Å². The summed E-state index contributed by atoms with van der Waals surface area (Å²) in [7, 11) is 1.55. The molecule has 1 amide bonds. The number of benzene rings is 1. The van der Waals surface area contributed by atoms with E-state index in [4.69, 9.17) is 9.47 Å². The summed E-state index contributed by atoms with van der Waals surface area (Å²) in [6.45, 7) is 1.40. The minimum Gasteiger partial charge on any atom is -0.496 e. The van der Waals surface area contributed by atoms with E-state index < -0.39 is 18.5 Å². The minimum atomic E-state index is -0.633. The average Bonchev–Trinajstić information content (AvgIpc) is 2.90. The van der Waals surface area contributed by atoms with Gasteiger partial charge in [0.25, 0.3) is 5.91 Å². The second kappa shape index (κ2) is 8.30. The Morgan fingerprint density at radius 1 is 1.29 bits per heavy atom. The third kappa shape index (κ3) is 4.69. The molecule has 0 aliphatic heterocycles. The molecule has 1 N–H and O–H groups in total. The van der Waals surface area contributed by atoms with E-state index in [0.717, 1.165) is 16.9 Å². The Morgan fingerprint density at radius 2 is 2.04 bits per heavy atom. The maximum Gasteiger partial charge on any atom is 0.326 e. The number of methoxy groups -OCH3 is 1. The van der Waals surface area contributed by atoms with Crippen LogP contribution in [0.25, 0.3) is 0 Å². The van der Waals surface area contributed by atoms with E-state index in [2.05, 4.69) is 5.32 Å². The number of esters is 1. The van der Waals surface area contributed by atoms with Gasteiger partial charge in [-0.2, -0.15) is 0 Å². The lowest BCUT2D eigenvalue weighted by molar-refractivity contribution is -0.149. The van der Waals surface area contributed by atoms with Crippen molar-refractivity contribution in [2.75, 3.05) is 13.7 Å². The number of amides is 1. The molecule has 0 atom stereocenters. The number of aryl methyl sites for hydroxylation is 1. The smallest absolute Gasteiger partial charge is 0.326 e. The lowest BCUT2D eigenvalue weighted by Crippen LogP contribution is -2.30. The van der Waals surface area contributed by atoms with Crippen LogP contribution in [-0.4, -0.2) is 30.2 Å². The first-order chi connectivity index (χ1) is 11.5. The predicted molar refractivity (Wildman–Crippen MR) is 89.1 cm³/mol. The summed E-state index contributed by atoms with van der Waals surface area (Å²) < 4.78 is 11.4. The molecule has 24 heavy (non-hydrogen) atoms. The van der Waals surface area contributed by atoms with Gasteiger partial charge in [-0.05, 0) is 13.0 Å². The summed E-state index contributed by atoms with van der Waals surface area (Å²) in [4.78, 5) is 34.8. The molecule has 128 valence electrons. The molecule has 2 rings (SSSR count). The summed E-state index contributed by atoms with van der Waals surface area (Å²) in [5.41, 5.74) is 1.50. The maximum atomic E-state index is 11.8. The number of hydrogen-bond donors (Lipinski definition) is 1. The molecule has 0 aliphatic carbocycles. The Bertz CT molecular complexity index is 781. The van der Waals surface area contributed by atoms with Crippen molar-refractivity contribution in [1.29, 1.82) is 0 Å². The van der Waals surface area contributed by atoms with Crippen molar-refractivity contribution in [2.24, 2.45) is 0 Å². The van der Waals surface area contributed by atoms with Gasteiger partial charge in [0.05, 0.1) is 7.11 Å². The quantitative estimate of drug-likeness (QED) is 0.755. The number of ether oxygens (including phenoxy) is 2. The molecule has 0 spiro atoms. The highest BCUT2D eigenvalue weighted by atomic mass is 32.1. The molecule has 2 aromatic rings. The van der Waals surface area contributed by atoms with Crippen molar-refractivity contribution in [1.82, 2.24) is 9.88 Å². The van der Waals surface area contributed by atoms with Gasteiger partial charge in [-0.25, -0.2) is 0 Å². The molecule has 0 radical (unpaired) electrons. The van der Waals surface area contributed by atoms with Crippen LogP contribution in [0.5, 0.6) is 5.75 Å². The molecule has 1 aromatic heterocycles. The zero-order valence-electron chi connectivity index (χ0n) is 13.4. The second-order valence-electron chi connectivity index (χ2n) is 4.98. The molecule has 0 fully saturated rings. The van der Waals surface area contributed by atoms with Crippen LogP contribution in [0.4, 0.5) is 0 Å². The van der Waals surface area contributed by atoms with Crippen molar-refractivity contribution in [3.05, 3.63) is 50.6 Å². The minimum absolute atomic E-state index is 0.200. The molecule has 1 aromatic carbocycles. The normalized spacial score (nSPS) is 10.2. The van der Waals surface area contributed by atoms with Gasteiger partial charge in [-0.15, -0.1) is 0 Å². The summed E-state index contributed by atoms with van der Waals surface area (Å²) in [5, 5.41) is 4.31. The van der Waals surface area contributed by atoms with Crippen LogP contribution in [0, 0.1) is 6.92 Å². The number of aromatic nitrogens is 1. The van der Waals surface area contributed by atoms with E-state index in [9.17, 15) is 14.4 Å². The molecule has 0 unspecified atom stereocenters. The molecule has 0 aliphatic rings. The van der Waals surface area contributed by atoms with Crippen molar-refractivity contribution < 1.29 is 19.1 Å². The number of nitrogens with zero attached hydrogens (tertiary/aromatic N) is 1. The molecule has 0 bridgehead atoms. The number of para-hydroxylation sites is 1. The van der Waals surface area contributed by atoms with Gasteiger partial charge in [-0.3, -0.25) is 19.0 Å². The number of hydrogen-bond acceptors (Lipinski definition) is 6. The lowest BCUT2D eigenvalue weighted by Gasteiger charge is -2.10. The van der Waals surface area contributed by atoms with Crippen LogP contribution in [-0.2, 0) is 27.4 Å². The van der Waals surface area contributed by atoms with E-state index >= 15 is 0 Å². The summed E-state index contributed by atoms with van der Waals surface area (Å²) >= 11 is 1.02. The van der Waals surface area contributed by atoms with E-state index in [1.54, 1.807) is 25.5 Å². The van der Waals surface area contributed by atoms with Crippen LogP contribution < -0.4 is 14.9 Å². The van der Waals surface area contributed by atoms with Gasteiger partial charge >= 0.3 is 10.8 Å². The Hall–Kier alpha value is -2.61. The first-order valence-corrected chi connectivity index (χ1v) is 8.08. The van der Waals surface area contributed by atoms with E-state index in [-0.39, 0.29) is 18.0 Å². The number of rotatable bonds is 7. The van der Waals surface area contributed by atoms with E-state index in [1.165, 1.54) is 4.57 Å². The maximum absolute atomic E-state index is 11.8. The summed E-state index contributed by atoms with van der Waals surface area (Å²) in [5.74, 6) is -0.392. The Labute approximate surface area is 142 Å². The van der Waals surface area contributed by atoms with Gasteiger partial charge in [0, 0.05) is 23.2 Å². The second-order valence-corrected chi connectivity index (χ2v) is 5.80. The largest absolute Gasteiger partial charge is 0.496 e. The summed E-state index contributed by atoms with van der Waals surface area (Å²) in [6, 6.07) is 7.30. The van der Waals surface area contributed by atoms with Crippen molar-refractivity contribution in [2.45, 2.75) is 20.0 Å². The van der Waals surface area contributed by atoms with Gasteiger partial charge < -0.3 is 14.8 Å². The predicted octanol–water partition coefficient (Wildman–Crippen LogP) is 1.09. The SMILES string of the molecule is COc1ccccc1CNC(=O)COC(=O)Cn1c(C)csc1=O. The van der Waals surface area contributed by atoms with Gasteiger partial charge in [0.1, 0.15) is 12.3 Å². The van der Waals surface area contributed by atoms with Gasteiger partial charge in [0.2, 0.25) is 0 Å². The zero-order valence-corrected chi connectivity index (χ0v) is 14.2. The average molecular weight is 350 g/mol. The van der Waals surface area contributed by atoms with Crippen molar-refractivity contribution in [3.8, 4) is 5.75 Å². The number of carbonyl (C=O) groups excluding carboxylic acids is 2. The van der Waals surface area contributed by atoms with Crippen molar-refractivity contribution >= 4 is 23.2 Å². The molecular weight excluding hydrogens is 332 g/mol. The van der Waals surface area contributed by atoms with E-state index in [0.29, 0.717) is 11.4 Å². The Kier molecular flexibility index (Phi) is 6.14. The number of thiazole rings is 1. The highest BCUT2D eigenvalue weighted by Gasteiger charge is 2.12. The van der Waals surface area contributed by atoms with Gasteiger partial charge in [0.15, 0.2) is 6.61 Å². The summed E-state index contributed by atoms with van der Waals surface area (Å²) in [6.07, 6.45) is 0. The number of nitrogens with one attached hydrogen (secondary N) is 1. The van der Waals surface area contributed by atoms with Crippen LogP contribution >= 0.6 is 11.3 Å². The van der Waals surface area contributed by atoms with Crippen LogP contribution in [0.15, 0.2) is 34.4 Å². The first kappa shape index (κ1) is 17.7. The van der Waals surface area contributed by atoms with Crippen LogP contribution in [0.1, 0.15) is 11.3 Å². The fourth-order valence-corrected chi connectivity index (χ4v) is 2.75. The molecule has 0 saturated heterocycles. The first-order valence-electron chi connectivity index (χ1n) is 7.20. The third-order valence-corrected chi connectivity index (χ3v) is 4.18. The lowest BCUT2D eigenvalue weighted by atomic mass is 10.2. The monoisotopic (exact) mass is 350 g/mol. The highest BCUT2D eigenvalue weighted by Crippen LogP contribution is 2.16. The fourth-order valence-electron chi connectivity index (χ4n) is 2.01. The fraction of sp³-hybridized carbons (Fsp3) is 0.312. The Morgan fingerprint density at radius 3 is 2.71 bits per heavy atom. The Balaban J connectivity index is 1.79. The third-order valence-electron chi connectivity index (χ3n) is 3.30. The standard InChI is InChI=1S/C16H18N2O5S/c1-11-10-24-16(21)18(11)8-15(20)23-9-14(19)17-7-12-5-3-4-6-13(12)22-2/h3-6,10H,7-9H2,1-2H3,(H,17,19).